The molecule has 0 aliphatic heterocycles. The minimum absolute atomic E-state index is 0.0325. The zero-order valence-electron chi connectivity index (χ0n) is 9.83. The first-order chi connectivity index (χ1) is 8.46. The summed E-state index contributed by atoms with van der Waals surface area (Å²) in [6.45, 7) is 1.60. The molecule has 1 N–H and O–H groups in total. The van der Waals surface area contributed by atoms with E-state index < -0.39 is 22.2 Å². The Kier molecular flexibility index (Phi) is 4.14. The summed E-state index contributed by atoms with van der Waals surface area (Å²) in [5.41, 5.74) is -2.55. The second-order valence-corrected chi connectivity index (χ2v) is 3.87. The van der Waals surface area contributed by atoms with Crippen molar-refractivity contribution in [3.63, 3.8) is 0 Å². The van der Waals surface area contributed by atoms with E-state index in [1.54, 1.807) is 13.0 Å². The fraction of sp³-hybridized carbons (Fsp3) is 0.333. The second-order valence-electron chi connectivity index (χ2n) is 3.87. The molecule has 0 aliphatic carbocycles. The lowest BCUT2D eigenvalue weighted by molar-refractivity contribution is -0.537. The van der Waals surface area contributed by atoms with Gasteiger partial charge in [0.2, 0.25) is 0 Å². The van der Waals surface area contributed by atoms with Crippen molar-refractivity contribution in [2.45, 2.75) is 25.3 Å². The van der Waals surface area contributed by atoms with Gasteiger partial charge in [0.05, 0.1) is 0 Å². The first-order valence-electron chi connectivity index (χ1n) is 5.44. The van der Waals surface area contributed by atoms with E-state index in [1.807, 2.05) is 0 Å². The molecule has 0 aliphatic rings. The molecule has 0 bridgehead atoms. The Morgan fingerprint density at radius 1 is 1.33 bits per heavy atom. The number of carboxylic acid groups (broad SMARTS) is 1. The van der Waals surface area contributed by atoms with Gasteiger partial charge in [0.25, 0.3) is 5.78 Å². The van der Waals surface area contributed by atoms with Crippen molar-refractivity contribution in [1.29, 1.82) is 0 Å². The van der Waals surface area contributed by atoms with Crippen molar-refractivity contribution in [2.75, 3.05) is 0 Å². The Labute approximate surface area is 103 Å². The van der Waals surface area contributed by atoms with Crippen molar-refractivity contribution in [3.05, 3.63) is 46.0 Å². The van der Waals surface area contributed by atoms with Gasteiger partial charge in [0, 0.05) is 16.9 Å². The standard InChI is InChI=1S/C12H13NO5/c1-2-8-12(11(15)16,13(17)18)10(14)9-6-4-3-5-7-9/h3-7H,2,8H2,1H3,(H,15,16). The van der Waals surface area contributed by atoms with E-state index in [0.29, 0.717) is 0 Å². The minimum atomic E-state index is -2.59. The lowest BCUT2D eigenvalue weighted by Crippen LogP contribution is -2.53. The number of nitrogens with zero attached hydrogens (tertiary/aromatic N) is 1. The highest BCUT2D eigenvalue weighted by molar-refractivity contribution is 6.14. The molecule has 18 heavy (non-hydrogen) atoms. The van der Waals surface area contributed by atoms with E-state index in [4.69, 9.17) is 5.11 Å². The highest BCUT2D eigenvalue weighted by atomic mass is 16.6. The zero-order chi connectivity index (χ0) is 13.8. The van der Waals surface area contributed by atoms with Crippen LogP contribution in [0, 0.1) is 10.1 Å². The van der Waals surface area contributed by atoms with E-state index in [1.165, 1.54) is 24.3 Å². The van der Waals surface area contributed by atoms with Crippen molar-refractivity contribution < 1.29 is 19.6 Å². The maximum Gasteiger partial charge on any atom is 0.391 e. The summed E-state index contributed by atoms with van der Waals surface area (Å²) in [7, 11) is 0. The van der Waals surface area contributed by atoms with Gasteiger partial charge in [-0.15, -0.1) is 0 Å². The first-order valence-corrected chi connectivity index (χ1v) is 5.44. The fourth-order valence-electron chi connectivity index (χ4n) is 1.76. The highest BCUT2D eigenvalue weighted by Gasteiger charge is 2.58. The van der Waals surface area contributed by atoms with Crippen LogP contribution in [0.15, 0.2) is 30.3 Å². The molecule has 0 fully saturated rings. The molecule has 0 amide bonds. The molecule has 1 rings (SSSR count). The third kappa shape index (κ3) is 2.22. The number of benzene rings is 1. The van der Waals surface area contributed by atoms with Crippen LogP contribution in [0.1, 0.15) is 30.1 Å². The Morgan fingerprint density at radius 3 is 2.28 bits per heavy atom. The van der Waals surface area contributed by atoms with Crippen LogP contribution in [-0.2, 0) is 4.79 Å². The molecule has 6 heteroatoms. The topological polar surface area (TPSA) is 97.5 Å². The van der Waals surface area contributed by atoms with Crippen molar-refractivity contribution >= 4 is 11.8 Å². The summed E-state index contributed by atoms with van der Waals surface area (Å²) in [5, 5.41) is 20.2. The van der Waals surface area contributed by atoms with Gasteiger partial charge in [0.15, 0.2) is 0 Å². The molecule has 1 aromatic rings. The van der Waals surface area contributed by atoms with E-state index in [0.717, 1.165) is 0 Å². The quantitative estimate of drug-likeness (QED) is 0.359. The Balaban J connectivity index is 3.31. The minimum Gasteiger partial charge on any atom is -0.476 e. The lowest BCUT2D eigenvalue weighted by atomic mass is 9.86. The van der Waals surface area contributed by atoms with Crippen molar-refractivity contribution in [2.24, 2.45) is 0 Å². The van der Waals surface area contributed by atoms with Crippen LogP contribution in [0.5, 0.6) is 0 Å². The smallest absolute Gasteiger partial charge is 0.391 e. The summed E-state index contributed by atoms with van der Waals surface area (Å²) in [5.74, 6) is -2.70. The molecule has 1 aromatic carbocycles. The van der Waals surface area contributed by atoms with Crippen LogP contribution < -0.4 is 0 Å². The van der Waals surface area contributed by atoms with Crippen LogP contribution in [0.3, 0.4) is 0 Å². The molecule has 1 unspecified atom stereocenters. The zero-order valence-corrected chi connectivity index (χ0v) is 9.83. The molecule has 0 aromatic heterocycles. The number of carbonyl (C=O) groups excluding carboxylic acids is 1. The number of ketones is 1. The lowest BCUT2D eigenvalue weighted by Gasteiger charge is -2.18. The predicted molar refractivity (Wildman–Crippen MR) is 63.0 cm³/mol. The molecule has 6 nitrogen and oxygen atoms in total. The molecular weight excluding hydrogens is 238 g/mol. The summed E-state index contributed by atoms with van der Waals surface area (Å²) in [6, 6.07) is 7.46. The molecule has 0 spiro atoms. The van der Waals surface area contributed by atoms with Crippen molar-refractivity contribution in [3.8, 4) is 0 Å². The maximum atomic E-state index is 12.1. The van der Waals surface area contributed by atoms with Crippen LogP contribution in [0.25, 0.3) is 0 Å². The third-order valence-corrected chi connectivity index (χ3v) is 2.69. The Morgan fingerprint density at radius 2 is 1.89 bits per heavy atom. The van der Waals surface area contributed by atoms with E-state index >= 15 is 0 Å². The fourth-order valence-corrected chi connectivity index (χ4v) is 1.76. The highest BCUT2D eigenvalue weighted by Crippen LogP contribution is 2.23. The van der Waals surface area contributed by atoms with Gasteiger partial charge in [-0.3, -0.25) is 14.9 Å². The van der Waals surface area contributed by atoms with Crippen molar-refractivity contribution in [1.82, 2.24) is 0 Å². The molecule has 0 saturated carbocycles. The van der Waals surface area contributed by atoms with E-state index in [-0.39, 0.29) is 18.4 Å². The number of hydrogen-bond donors (Lipinski definition) is 1. The number of rotatable bonds is 6. The number of carboxylic acids is 1. The molecule has 96 valence electrons. The van der Waals surface area contributed by atoms with Gasteiger partial charge < -0.3 is 5.11 Å². The van der Waals surface area contributed by atoms with E-state index in [9.17, 15) is 19.7 Å². The SMILES string of the molecule is CCCC(C(=O)O)(C(=O)c1ccccc1)[N+](=O)[O-]. The monoisotopic (exact) mass is 251 g/mol. The van der Waals surface area contributed by atoms with Gasteiger partial charge >= 0.3 is 11.5 Å². The molecule has 1 atom stereocenters. The van der Waals surface area contributed by atoms with Crippen LogP contribution >= 0.6 is 0 Å². The Bertz CT molecular complexity index is 455. The Hall–Kier alpha value is -2.24. The molecule has 0 heterocycles. The largest absolute Gasteiger partial charge is 0.476 e. The predicted octanol–water partition coefficient (Wildman–Crippen LogP) is 1.77. The van der Waals surface area contributed by atoms with Gasteiger partial charge in [-0.05, 0) is 6.42 Å². The van der Waals surface area contributed by atoms with Gasteiger partial charge in [-0.25, -0.2) is 4.79 Å². The molecular formula is C12H13NO5. The average Bonchev–Trinajstić information content (AvgIpc) is 2.35. The van der Waals surface area contributed by atoms with Crippen LogP contribution in [-0.4, -0.2) is 27.3 Å². The number of aliphatic carboxylic acids is 1. The summed E-state index contributed by atoms with van der Waals surface area (Å²) in [6.07, 6.45) is -0.102. The molecule has 0 radical (unpaired) electrons. The summed E-state index contributed by atoms with van der Waals surface area (Å²) in [4.78, 5) is 33.4. The maximum absolute atomic E-state index is 12.1. The van der Waals surface area contributed by atoms with Gasteiger partial charge in [-0.1, -0.05) is 37.3 Å². The van der Waals surface area contributed by atoms with Gasteiger partial charge in [-0.2, -0.15) is 0 Å². The third-order valence-electron chi connectivity index (χ3n) is 2.69. The van der Waals surface area contributed by atoms with Gasteiger partial charge in [0.1, 0.15) is 0 Å². The summed E-state index contributed by atoms with van der Waals surface area (Å²) >= 11 is 0. The first kappa shape index (κ1) is 13.8. The van der Waals surface area contributed by atoms with Crippen LogP contribution in [0.4, 0.5) is 0 Å². The number of carbonyl (C=O) groups is 2. The number of nitro groups is 1. The van der Waals surface area contributed by atoms with E-state index in [2.05, 4.69) is 0 Å². The van der Waals surface area contributed by atoms with Crippen LogP contribution in [0.2, 0.25) is 0 Å². The summed E-state index contributed by atoms with van der Waals surface area (Å²) < 4.78 is 0. The molecule has 0 saturated heterocycles. The second kappa shape index (κ2) is 5.39. The number of Topliss-reactive ketones (excluding diaryl/α,β-unsaturated/α-hetero) is 1. The average molecular weight is 251 g/mol. The normalized spacial score (nSPS) is 13.6. The number of hydrogen-bond acceptors (Lipinski definition) is 4.